The summed E-state index contributed by atoms with van der Waals surface area (Å²) in [5.74, 6) is 0.0361. The number of ether oxygens (including phenoxy) is 1. The van der Waals surface area contributed by atoms with Crippen LogP contribution in [-0.2, 0) is 20.7 Å². The Morgan fingerprint density at radius 1 is 1.33 bits per heavy atom. The maximum absolute atomic E-state index is 12.9. The first-order valence-electron chi connectivity index (χ1n) is 9.59. The quantitative estimate of drug-likeness (QED) is 0.794. The Morgan fingerprint density at radius 3 is 2.81 bits per heavy atom. The van der Waals surface area contributed by atoms with Gasteiger partial charge in [0.05, 0.1) is 18.8 Å². The van der Waals surface area contributed by atoms with Crippen LogP contribution in [-0.4, -0.2) is 59.0 Å². The van der Waals surface area contributed by atoms with Crippen molar-refractivity contribution in [2.75, 3.05) is 20.2 Å². The van der Waals surface area contributed by atoms with E-state index in [1.54, 1.807) is 14.0 Å². The second-order valence-electron chi connectivity index (χ2n) is 7.42. The van der Waals surface area contributed by atoms with E-state index >= 15 is 0 Å². The number of carbonyl (C=O) groups excluding carboxylic acids is 2. The molecule has 1 saturated carbocycles. The van der Waals surface area contributed by atoms with E-state index in [9.17, 15) is 14.4 Å². The average Bonchev–Trinajstić information content (AvgIpc) is 2.65. The number of H-pyrrole nitrogens is 1. The summed E-state index contributed by atoms with van der Waals surface area (Å²) in [6, 6.07) is -0.0433. The summed E-state index contributed by atoms with van der Waals surface area (Å²) in [6.07, 6.45) is 3.14. The lowest BCUT2D eigenvalue weighted by molar-refractivity contribution is -0.154. The second-order valence-corrected chi connectivity index (χ2v) is 7.42. The van der Waals surface area contributed by atoms with Crippen LogP contribution in [0.3, 0.4) is 0 Å². The van der Waals surface area contributed by atoms with E-state index in [1.165, 1.54) is 0 Å². The first-order valence-corrected chi connectivity index (χ1v) is 9.59. The van der Waals surface area contributed by atoms with Gasteiger partial charge in [-0.25, -0.2) is 4.79 Å². The van der Waals surface area contributed by atoms with Gasteiger partial charge < -0.3 is 19.9 Å². The summed E-state index contributed by atoms with van der Waals surface area (Å²) in [7, 11) is 1.65. The number of morpholine rings is 1. The Labute approximate surface area is 158 Å². The zero-order valence-electron chi connectivity index (χ0n) is 16.2. The van der Waals surface area contributed by atoms with Gasteiger partial charge in [-0.1, -0.05) is 0 Å². The number of hydrogen-bond acceptors (Lipinski definition) is 5. The molecule has 27 heavy (non-hydrogen) atoms. The maximum Gasteiger partial charge on any atom is 0.345 e. The lowest BCUT2D eigenvalue weighted by atomic mass is 9.81. The number of aryl methyl sites for hydroxylation is 2. The summed E-state index contributed by atoms with van der Waals surface area (Å²) in [4.78, 5) is 44.9. The summed E-state index contributed by atoms with van der Waals surface area (Å²) in [5, 5.41) is 2.72. The molecule has 148 valence electrons. The monoisotopic (exact) mass is 376 g/mol. The number of nitrogens with one attached hydrogen (secondary N) is 2. The van der Waals surface area contributed by atoms with Gasteiger partial charge in [0.25, 0.3) is 0 Å². The van der Waals surface area contributed by atoms with Crippen LogP contribution in [0.25, 0.3) is 0 Å². The van der Waals surface area contributed by atoms with E-state index in [0.717, 1.165) is 24.1 Å². The van der Waals surface area contributed by atoms with E-state index in [0.29, 0.717) is 38.1 Å². The first-order chi connectivity index (χ1) is 12.9. The molecule has 1 aliphatic heterocycles. The van der Waals surface area contributed by atoms with Gasteiger partial charge in [0, 0.05) is 37.3 Å². The molecule has 1 aromatic heterocycles. The number of aromatic nitrogens is 2. The van der Waals surface area contributed by atoms with Gasteiger partial charge in [0.2, 0.25) is 11.8 Å². The number of amides is 2. The minimum atomic E-state index is -0.362. The smallest absolute Gasteiger partial charge is 0.345 e. The summed E-state index contributed by atoms with van der Waals surface area (Å²) in [5.41, 5.74) is 1.98. The zero-order chi connectivity index (χ0) is 19.6. The van der Waals surface area contributed by atoms with Crippen molar-refractivity contribution < 1.29 is 14.3 Å². The number of aromatic amines is 1. The molecule has 3 rings (SSSR count). The third kappa shape index (κ3) is 4.21. The van der Waals surface area contributed by atoms with Crippen LogP contribution in [0.4, 0.5) is 0 Å². The van der Waals surface area contributed by atoms with Gasteiger partial charge in [0.15, 0.2) is 0 Å². The number of hydrogen-bond donors (Lipinski definition) is 2. The molecule has 2 aliphatic rings. The molecule has 0 aromatic carbocycles. The average molecular weight is 376 g/mol. The minimum absolute atomic E-state index is 0.0156. The highest BCUT2D eigenvalue weighted by molar-refractivity contribution is 5.79. The van der Waals surface area contributed by atoms with Crippen LogP contribution >= 0.6 is 0 Å². The van der Waals surface area contributed by atoms with Gasteiger partial charge in [0.1, 0.15) is 0 Å². The van der Waals surface area contributed by atoms with E-state index < -0.39 is 0 Å². The molecule has 2 fully saturated rings. The molecule has 0 bridgehead atoms. The topological polar surface area (TPSA) is 104 Å². The Bertz CT molecular complexity index is 749. The highest BCUT2D eigenvalue weighted by Crippen LogP contribution is 2.33. The number of fused-ring (bicyclic) bond motifs is 1. The van der Waals surface area contributed by atoms with E-state index in [-0.39, 0.29) is 35.6 Å². The minimum Gasteiger partial charge on any atom is -0.374 e. The van der Waals surface area contributed by atoms with Gasteiger partial charge >= 0.3 is 5.69 Å². The van der Waals surface area contributed by atoms with Crippen LogP contribution in [0.5, 0.6) is 0 Å². The van der Waals surface area contributed by atoms with Crippen LogP contribution in [0.1, 0.15) is 42.6 Å². The van der Waals surface area contributed by atoms with Crippen LogP contribution in [0, 0.1) is 19.8 Å². The molecule has 3 atom stereocenters. The Hall–Kier alpha value is -2.22. The summed E-state index contributed by atoms with van der Waals surface area (Å²) in [6.45, 7) is 4.72. The fraction of sp³-hybridized carbons (Fsp3) is 0.684. The standard InChI is InChI=1S/C19H28N4O4/c1-11-14(12(2)22-19(26)21-11)5-7-17(24)23-8-9-27-16-6-4-13(10-15(16)23)18(25)20-3/h13,15-16H,4-10H2,1-3H3,(H,20,25)(H,21,22,26)/t13-,15+,16+/m0/s1. The van der Waals surface area contributed by atoms with Gasteiger partial charge in [-0.2, -0.15) is 4.98 Å². The molecule has 1 saturated heterocycles. The Morgan fingerprint density at radius 2 is 2.11 bits per heavy atom. The maximum atomic E-state index is 12.9. The van der Waals surface area contributed by atoms with Gasteiger partial charge in [-0.3, -0.25) is 9.59 Å². The Balaban J connectivity index is 1.68. The number of rotatable bonds is 4. The largest absolute Gasteiger partial charge is 0.374 e. The molecule has 2 heterocycles. The molecule has 2 N–H and O–H groups in total. The predicted octanol–water partition coefficient (Wildman–Crippen LogP) is 0.461. The molecule has 0 unspecified atom stereocenters. The molecule has 0 radical (unpaired) electrons. The molecule has 0 spiro atoms. The number of nitrogens with zero attached hydrogens (tertiary/aromatic N) is 2. The van der Waals surface area contributed by atoms with Crippen LogP contribution in [0.2, 0.25) is 0 Å². The molecule has 2 amide bonds. The first kappa shape index (κ1) is 19.5. The molecule has 1 aromatic rings. The third-order valence-electron chi connectivity index (χ3n) is 5.80. The number of carbonyl (C=O) groups is 2. The van der Waals surface area contributed by atoms with E-state index in [4.69, 9.17) is 4.74 Å². The molecule has 8 heteroatoms. The van der Waals surface area contributed by atoms with Gasteiger partial charge in [-0.05, 0) is 45.1 Å². The zero-order valence-corrected chi connectivity index (χ0v) is 16.2. The van der Waals surface area contributed by atoms with Crippen LogP contribution in [0.15, 0.2) is 4.79 Å². The van der Waals surface area contributed by atoms with E-state index in [1.807, 2.05) is 11.8 Å². The van der Waals surface area contributed by atoms with Crippen molar-refractivity contribution in [3.8, 4) is 0 Å². The van der Waals surface area contributed by atoms with Crippen LogP contribution < -0.4 is 11.0 Å². The van der Waals surface area contributed by atoms with Gasteiger partial charge in [-0.15, -0.1) is 0 Å². The lowest BCUT2D eigenvalue weighted by Gasteiger charge is -2.45. The highest BCUT2D eigenvalue weighted by Gasteiger charge is 2.41. The van der Waals surface area contributed by atoms with Crippen molar-refractivity contribution in [2.24, 2.45) is 5.92 Å². The Kier molecular flexibility index (Phi) is 5.94. The summed E-state index contributed by atoms with van der Waals surface area (Å²) >= 11 is 0. The molecular formula is C19H28N4O4. The van der Waals surface area contributed by atoms with Crippen molar-refractivity contribution in [3.63, 3.8) is 0 Å². The SMILES string of the molecule is CNC(=O)[C@H]1CC[C@H]2OCCN(C(=O)CCc3c(C)nc(=O)[nH]c3C)[C@@H]2C1. The molecular weight excluding hydrogens is 348 g/mol. The summed E-state index contributed by atoms with van der Waals surface area (Å²) < 4.78 is 5.86. The predicted molar refractivity (Wildman–Crippen MR) is 99.3 cm³/mol. The normalized spacial score (nSPS) is 25.0. The highest BCUT2D eigenvalue weighted by atomic mass is 16.5. The van der Waals surface area contributed by atoms with Crippen molar-refractivity contribution in [1.82, 2.24) is 20.2 Å². The fourth-order valence-corrected chi connectivity index (χ4v) is 4.36. The van der Waals surface area contributed by atoms with Crippen molar-refractivity contribution >= 4 is 11.8 Å². The molecule has 8 nitrogen and oxygen atoms in total. The second kappa shape index (κ2) is 8.21. The molecule has 1 aliphatic carbocycles. The van der Waals surface area contributed by atoms with Crippen molar-refractivity contribution in [1.29, 1.82) is 0 Å². The third-order valence-corrected chi connectivity index (χ3v) is 5.80. The fourth-order valence-electron chi connectivity index (χ4n) is 4.36. The van der Waals surface area contributed by atoms with E-state index in [2.05, 4.69) is 15.3 Å². The lowest BCUT2D eigenvalue weighted by Crippen LogP contribution is -2.57. The van der Waals surface area contributed by atoms with Crippen molar-refractivity contribution in [3.05, 3.63) is 27.4 Å². The van der Waals surface area contributed by atoms with Crippen molar-refractivity contribution in [2.45, 2.75) is 58.1 Å².